The van der Waals surface area contributed by atoms with Crippen LogP contribution in [0.3, 0.4) is 0 Å². The number of piperazine rings is 1. The Balaban J connectivity index is 1.56. The van der Waals surface area contributed by atoms with Crippen molar-refractivity contribution >= 4 is 11.8 Å². The van der Waals surface area contributed by atoms with Gasteiger partial charge in [0.05, 0.1) is 25.6 Å². The van der Waals surface area contributed by atoms with Crippen molar-refractivity contribution in [2.75, 3.05) is 20.2 Å². The molecule has 0 aliphatic carbocycles. The monoisotopic (exact) mass is 397 g/mol. The number of amides is 2. The maximum absolute atomic E-state index is 13.1. The minimum atomic E-state index is -0.428. The van der Waals surface area contributed by atoms with Crippen molar-refractivity contribution in [2.24, 2.45) is 11.7 Å². The highest BCUT2D eigenvalue weighted by atomic mass is 19.1. The molecule has 2 amide bonds. The van der Waals surface area contributed by atoms with Crippen molar-refractivity contribution in [2.45, 2.75) is 25.0 Å². The zero-order valence-corrected chi connectivity index (χ0v) is 16.3. The number of primary amides is 1. The van der Waals surface area contributed by atoms with Crippen LogP contribution in [0.25, 0.3) is 0 Å². The fourth-order valence-electron chi connectivity index (χ4n) is 4.55. The van der Waals surface area contributed by atoms with E-state index in [1.54, 1.807) is 19.2 Å². The molecule has 7 heteroatoms. The average molecular weight is 397 g/mol. The lowest BCUT2D eigenvalue weighted by Crippen LogP contribution is -2.54. The lowest BCUT2D eigenvalue weighted by Gasteiger charge is -2.40. The Bertz CT molecular complexity index is 901. The third kappa shape index (κ3) is 3.82. The van der Waals surface area contributed by atoms with Gasteiger partial charge in [-0.25, -0.2) is 4.39 Å². The van der Waals surface area contributed by atoms with Crippen LogP contribution in [0.1, 0.15) is 23.6 Å². The summed E-state index contributed by atoms with van der Waals surface area (Å²) in [6.45, 7) is 1.47. The van der Waals surface area contributed by atoms with Gasteiger partial charge >= 0.3 is 0 Å². The fraction of sp³-hybridized carbons (Fsp3) is 0.364. The van der Waals surface area contributed by atoms with Crippen LogP contribution in [0.15, 0.2) is 48.5 Å². The number of ether oxygens (including phenoxy) is 1. The first-order valence-corrected chi connectivity index (χ1v) is 9.67. The van der Waals surface area contributed by atoms with Crippen LogP contribution in [0.4, 0.5) is 4.39 Å². The van der Waals surface area contributed by atoms with Crippen LogP contribution < -0.4 is 10.5 Å². The second-order valence-electron chi connectivity index (χ2n) is 7.71. The van der Waals surface area contributed by atoms with Gasteiger partial charge in [-0.05, 0) is 41.8 Å². The van der Waals surface area contributed by atoms with Gasteiger partial charge < -0.3 is 15.4 Å². The number of fused-ring (bicyclic) bond motifs is 1. The Kier molecular flexibility index (Phi) is 5.24. The molecular weight excluding hydrogens is 373 g/mol. The molecule has 152 valence electrons. The first-order chi connectivity index (χ1) is 14.0. The number of nitrogens with two attached hydrogens (primary N) is 1. The van der Waals surface area contributed by atoms with Crippen molar-refractivity contribution in [3.8, 4) is 5.75 Å². The summed E-state index contributed by atoms with van der Waals surface area (Å²) in [6.07, 6.45) is 0.539. The van der Waals surface area contributed by atoms with Crippen molar-refractivity contribution in [1.29, 1.82) is 0 Å². The predicted molar refractivity (Wildman–Crippen MR) is 105 cm³/mol. The van der Waals surface area contributed by atoms with E-state index in [1.165, 1.54) is 12.1 Å². The summed E-state index contributed by atoms with van der Waals surface area (Å²) in [5.74, 6) is -0.402. The van der Waals surface area contributed by atoms with E-state index in [9.17, 15) is 14.0 Å². The zero-order valence-electron chi connectivity index (χ0n) is 16.3. The number of benzene rings is 2. The highest BCUT2D eigenvalue weighted by Crippen LogP contribution is 2.43. The van der Waals surface area contributed by atoms with Gasteiger partial charge in [-0.15, -0.1) is 0 Å². The number of methoxy groups -OCH3 is 1. The molecule has 2 aromatic rings. The lowest BCUT2D eigenvalue weighted by molar-refractivity contribution is -0.141. The second kappa shape index (κ2) is 7.83. The summed E-state index contributed by atoms with van der Waals surface area (Å²) in [5, 5.41) is 0. The van der Waals surface area contributed by atoms with Gasteiger partial charge in [-0.1, -0.05) is 24.3 Å². The van der Waals surface area contributed by atoms with Crippen LogP contribution >= 0.6 is 0 Å². The third-order valence-electron chi connectivity index (χ3n) is 5.86. The van der Waals surface area contributed by atoms with E-state index >= 15 is 0 Å². The zero-order chi connectivity index (χ0) is 20.5. The first kappa shape index (κ1) is 19.4. The Labute approximate surface area is 169 Å². The number of carbonyl (C=O) groups excluding carboxylic acids is 2. The SMILES string of the molecule is COc1ccc([C@@H]2[C@H](C(N)=O)C[C@@H]3CN(Cc4ccc(F)cc4)CC(=O)N32)cc1. The molecule has 2 fully saturated rings. The van der Waals surface area contributed by atoms with E-state index in [1.807, 2.05) is 34.1 Å². The number of nitrogens with zero attached hydrogens (tertiary/aromatic N) is 2. The molecule has 2 N–H and O–H groups in total. The molecule has 29 heavy (non-hydrogen) atoms. The quantitative estimate of drug-likeness (QED) is 0.838. The molecule has 0 spiro atoms. The molecule has 0 unspecified atom stereocenters. The summed E-state index contributed by atoms with van der Waals surface area (Å²) in [6, 6.07) is 13.3. The molecule has 0 bridgehead atoms. The van der Waals surface area contributed by atoms with Crippen LogP contribution in [0.2, 0.25) is 0 Å². The van der Waals surface area contributed by atoms with Gasteiger partial charge in [-0.2, -0.15) is 0 Å². The summed E-state index contributed by atoms with van der Waals surface area (Å²) in [7, 11) is 1.59. The van der Waals surface area contributed by atoms with Gasteiger partial charge in [0.25, 0.3) is 0 Å². The maximum Gasteiger partial charge on any atom is 0.237 e. The molecule has 2 heterocycles. The van der Waals surface area contributed by atoms with Gasteiger partial charge in [0, 0.05) is 19.1 Å². The summed E-state index contributed by atoms with van der Waals surface area (Å²) < 4.78 is 18.4. The normalized spacial score (nSPS) is 24.4. The molecular formula is C22H24FN3O3. The smallest absolute Gasteiger partial charge is 0.237 e. The fourth-order valence-corrected chi connectivity index (χ4v) is 4.55. The van der Waals surface area contributed by atoms with Crippen LogP contribution in [-0.4, -0.2) is 47.9 Å². The lowest BCUT2D eigenvalue weighted by atomic mass is 9.92. The average Bonchev–Trinajstić information content (AvgIpc) is 3.10. The van der Waals surface area contributed by atoms with Crippen LogP contribution in [0.5, 0.6) is 5.75 Å². The van der Waals surface area contributed by atoms with E-state index in [0.717, 1.165) is 16.9 Å². The van der Waals surface area contributed by atoms with E-state index in [2.05, 4.69) is 0 Å². The van der Waals surface area contributed by atoms with E-state index in [4.69, 9.17) is 10.5 Å². The van der Waals surface area contributed by atoms with E-state index in [-0.39, 0.29) is 30.4 Å². The third-order valence-corrected chi connectivity index (χ3v) is 5.86. The minimum absolute atomic E-state index is 0.0204. The van der Waals surface area contributed by atoms with E-state index in [0.29, 0.717) is 19.5 Å². The molecule has 0 aromatic heterocycles. The molecule has 2 saturated heterocycles. The van der Waals surface area contributed by atoms with Crippen LogP contribution in [-0.2, 0) is 16.1 Å². The number of carbonyl (C=O) groups is 2. The maximum atomic E-state index is 13.1. The minimum Gasteiger partial charge on any atom is -0.497 e. The highest BCUT2D eigenvalue weighted by molar-refractivity contribution is 5.84. The molecule has 2 aliphatic heterocycles. The number of halogens is 1. The standard InChI is InChI=1S/C22H24FN3O3/c1-29-18-8-4-15(5-9-18)21-19(22(24)28)10-17-12-25(13-20(27)26(17)21)11-14-2-6-16(23)7-3-14/h2-9,17,19,21H,10-13H2,1H3,(H2,24,28)/t17-,19-,21-/m1/s1. The highest BCUT2D eigenvalue weighted by Gasteiger charge is 2.49. The molecule has 0 saturated carbocycles. The first-order valence-electron chi connectivity index (χ1n) is 9.67. The second-order valence-corrected chi connectivity index (χ2v) is 7.71. The molecule has 3 atom stereocenters. The summed E-state index contributed by atoms with van der Waals surface area (Å²) >= 11 is 0. The number of hydrogen-bond donors (Lipinski definition) is 1. The molecule has 0 radical (unpaired) electrons. The number of rotatable bonds is 5. The molecule has 2 aliphatic rings. The summed E-state index contributed by atoms with van der Waals surface area (Å²) in [5.41, 5.74) is 7.54. The Morgan fingerprint density at radius 1 is 1.17 bits per heavy atom. The van der Waals surface area contributed by atoms with Crippen molar-refractivity contribution in [1.82, 2.24) is 9.80 Å². The predicted octanol–water partition coefficient (Wildman–Crippen LogP) is 2.09. The summed E-state index contributed by atoms with van der Waals surface area (Å²) in [4.78, 5) is 29.1. The topological polar surface area (TPSA) is 75.9 Å². The number of hydrogen-bond acceptors (Lipinski definition) is 4. The Hall–Kier alpha value is -2.93. The largest absolute Gasteiger partial charge is 0.497 e. The van der Waals surface area contributed by atoms with Gasteiger partial charge in [0.2, 0.25) is 11.8 Å². The van der Waals surface area contributed by atoms with E-state index < -0.39 is 11.8 Å². The van der Waals surface area contributed by atoms with Crippen molar-refractivity contribution < 1.29 is 18.7 Å². The van der Waals surface area contributed by atoms with Gasteiger partial charge in [0.1, 0.15) is 11.6 Å². The van der Waals surface area contributed by atoms with Gasteiger partial charge in [0.15, 0.2) is 0 Å². The Morgan fingerprint density at radius 2 is 1.86 bits per heavy atom. The molecule has 4 rings (SSSR count). The van der Waals surface area contributed by atoms with Crippen LogP contribution in [0, 0.1) is 11.7 Å². The molecule has 6 nitrogen and oxygen atoms in total. The van der Waals surface area contributed by atoms with Crippen molar-refractivity contribution in [3.63, 3.8) is 0 Å². The van der Waals surface area contributed by atoms with Gasteiger partial charge in [-0.3, -0.25) is 14.5 Å². The Morgan fingerprint density at radius 3 is 2.48 bits per heavy atom. The molecule has 2 aromatic carbocycles. The van der Waals surface area contributed by atoms with Crippen molar-refractivity contribution in [3.05, 3.63) is 65.5 Å².